The lowest BCUT2D eigenvalue weighted by atomic mass is 9.88. The smallest absolute Gasteiger partial charge is 0.123 e. The zero-order chi connectivity index (χ0) is 19.1. The molecule has 2 heteroatoms. The van der Waals surface area contributed by atoms with Crippen LogP contribution in [0.4, 0.5) is 8.78 Å². The second-order valence-electron chi connectivity index (χ2n) is 6.85. The third kappa shape index (κ3) is 2.66. The van der Waals surface area contributed by atoms with E-state index in [2.05, 4.69) is 24.3 Å². The quantitative estimate of drug-likeness (QED) is 0.317. The third-order valence-electron chi connectivity index (χ3n) is 5.20. The molecule has 0 nitrogen and oxygen atoms in total. The predicted molar refractivity (Wildman–Crippen MR) is 110 cm³/mol. The monoisotopic (exact) mass is 366 g/mol. The summed E-state index contributed by atoms with van der Waals surface area (Å²) in [6, 6.07) is 29.6. The van der Waals surface area contributed by atoms with Gasteiger partial charge in [-0.1, -0.05) is 72.8 Å². The van der Waals surface area contributed by atoms with Crippen LogP contribution in [0.2, 0.25) is 0 Å². The average molecular weight is 366 g/mol. The topological polar surface area (TPSA) is 0 Å². The summed E-state index contributed by atoms with van der Waals surface area (Å²) in [6.45, 7) is 0. The second kappa shape index (κ2) is 6.58. The standard InChI is InChI=1S/C26H16F2/c27-19-13-9-17(10-14-19)25(18-11-15-20(28)16-12-18)26-23-7-3-1-5-21(23)22-6-2-4-8-24(22)26/h1-16H. The van der Waals surface area contributed by atoms with Crippen LogP contribution in [-0.2, 0) is 0 Å². The van der Waals surface area contributed by atoms with Crippen molar-refractivity contribution in [2.75, 3.05) is 0 Å². The number of hydrogen-bond acceptors (Lipinski definition) is 0. The average Bonchev–Trinajstić information content (AvgIpc) is 3.06. The summed E-state index contributed by atoms with van der Waals surface area (Å²) in [6.07, 6.45) is 0. The van der Waals surface area contributed by atoms with E-state index in [-0.39, 0.29) is 11.6 Å². The Labute approximate surface area is 162 Å². The Balaban J connectivity index is 1.90. The molecule has 0 N–H and O–H groups in total. The molecule has 0 heterocycles. The van der Waals surface area contributed by atoms with Crippen molar-refractivity contribution >= 4 is 11.1 Å². The maximum absolute atomic E-state index is 13.6. The molecule has 28 heavy (non-hydrogen) atoms. The highest BCUT2D eigenvalue weighted by Crippen LogP contribution is 2.48. The van der Waals surface area contributed by atoms with Gasteiger partial charge in [-0.2, -0.15) is 0 Å². The fraction of sp³-hybridized carbons (Fsp3) is 0. The molecule has 0 saturated carbocycles. The van der Waals surface area contributed by atoms with Gasteiger partial charge >= 0.3 is 0 Å². The van der Waals surface area contributed by atoms with Gasteiger partial charge in [0.1, 0.15) is 11.6 Å². The fourth-order valence-electron chi connectivity index (χ4n) is 3.97. The molecule has 5 rings (SSSR count). The third-order valence-corrected chi connectivity index (χ3v) is 5.20. The zero-order valence-corrected chi connectivity index (χ0v) is 15.0. The molecular formula is C26H16F2. The van der Waals surface area contributed by atoms with E-state index in [0.29, 0.717) is 0 Å². The first-order valence-corrected chi connectivity index (χ1v) is 9.18. The van der Waals surface area contributed by atoms with Gasteiger partial charge in [-0.05, 0) is 68.8 Å². The molecule has 1 aliphatic carbocycles. The van der Waals surface area contributed by atoms with Gasteiger partial charge in [0.2, 0.25) is 0 Å². The van der Waals surface area contributed by atoms with Gasteiger partial charge in [0, 0.05) is 0 Å². The van der Waals surface area contributed by atoms with E-state index in [1.54, 1.807) is 24.3 Å². The molecule has 0 fully saturated rings. The zero-order valence-electron chi connectivity index (χ0n) is 15.0. The predicted octanol–water partition coefficient (Wildman–Crippen LogP) is 6.95. The molecule has 0 spiro atoms. The van der Waals surface area contributed by atoms with Crippen LogP contribution >= 0.6 is 0 Å². The highest BCUT2D eigenvalue weighted by Gasteiger charge is 2.26. The Bertz CT molecular complexity index is 1100. The summed E-state index contributed by atoms with van der Waals surface area (Å²) in [5, 5.41) is 0. The van der Waals surface area contributed by atoms with Crippen molar-refractivity contribution in [3.8, 4) is 11.1 Å². The van der Waals surface area contributed by atoms with Crippen molar-refractivity contribution in [2.24, 2.45) is 0 Å². The largest absolute Gasteiger partial charge is 0.207 e. The Morgan fingerprint density at radius 2 is 0.786 bits per heavy atom. The van der Waals surface area contributed by atoms with Crippen LogP contribution in [-0.4, -0.2) is 0 Å². The lowest BCUT2D eigenvalue weighted by Crippen LogP contribution is -1.95. The second-order valence-corrected chi connectivity index (χ2v) is 6.85. The molecule has 0 saturated heterocycles. The fourth-order valence-corrected chi connectivity index (χ4v) is 3.97. The number of halogens is 2. The van der Waals surface area contributed by atoms with Gasteiger partial charge in [-0.25, -0.2) is 8.78 Å². The first kappa shape index (κ1) is 16.6. The Morgan fingerprint density at radius 3 is 1.18 bits per heavy atom. The summed E-state index contributed by atoms with van der Waals surface area (Å²) >= 11 is 0. The minimum atomic E-state index is -0.278. The normalized spacial score (nSPS) is 11.9. The van der Waals surface area contributed by atoms with E-state index >= 15 is 0 Å². The summed E-state index contributed by atoms with van der Waals surface area (Å²) in [7, 11) is 0. The maximum Gasteiger partial charge on any atom is 0.123 e. The number of rotatable bonds is 2. The summed E-state index contributed by atoms with van der Waals surface area (Å²) < 4.78 is 27.2. The number of hydrogen-bond donors (Lipinski definition) is 0. The molecule has 4 aromatic rings. The van der Waals surface area contributed by atoms with Crippen molar-refractivity contribution in [3.63, 3.8) is 0 Å². The van der Waals surface area contributed by atoms with E-state index in [9.17, 15) is 8.78 Å². The molecule has 0 atom stereocenters. The van der Waals surface area contributed by atoms with E-state index in [1.807, 2.05) is 24.3 Å². The van der Waals surface area contributed by atoms with Crippen LogP contribution in [0.1, 0.15) is 22.3 Å². The van der Waals surface area contributed by atoms with Gasteiger partial charge in [0.15, 0.2) is 0 Å². The highest BCUT2D eigenvalue weighted by atomic mass is 19.1. The lowest BCUT2D eigenvalue weighted by molar-refractivity contribution is 0.627. The van der Waals surface area contributed by atoms with Gasteiger partial charge in [0.05, 0.1) is 0 Å². The van der Waals surface area contributed by atoms with Gasteiger partial charge in [0.25, 0.3) is 0 Å². The summed E-state index contributed by atoms with van der Waals surface area (Å²) in [5.41, 5.74) is 8.47. The van der Waals surface area contributed by atoms with Crippen molar-refractivity contribution in [1.82, 2.24) is 0 Å². The Kier molecular flexibility index (Phi) is 3.91. The molecule has 1 aliphatic rings. The number of benzene rings is 4. The van der Waals surface area contributed by atoms with Gasteiger partial charge in [-0.15, -0.1) is 0 Å². The molecule has 0 aliphatic heterocycles. The SMILES string of the molecule is Fc1ccc(C(=C2c3ccccc3-c3ccccc32)c2ccc(F)cc2)cc1. The molecule has 0 amide bonds. The first-order valence-electron chi connectivity index (χ1n) is 9.18. The Hall–Kier alpha value is -3.52. The molecular weight excluding hydrogens is 350 g/mol. The van der Waals surface area contributed by atoms with Crippen LogP contribution in [0.5, 0.6) is 0 Å². The summed E-state index contributed by atoms with van der Waals surface area (Å²) in [4.78, 5) is 0. The molecule has 0 bridgehead atoms. The van der Waals surface area contributed by atoms with Crippen LogP contribution in [0, 0.1) is 11.6 Å². The lowest BCUT2D eigenvalue weighted by Gasteiger charge is -2.15. The first-order chi connectivity index (χ1) is 13.7. The molecule has 0 aromatic heterocycles. The van der Waals surface area contributed by atoms with Crippen LogP contribution in [0.15, 0.2) is 97.1 Å². The maximum atomic E-state index is 13.6. The minimum Gasteiger partial charge on any atom is -0.207 e. The van der Waals surface area contributed by atoms with Crippen molar-refractivity contribution in [1.29, 1.82) is 0 Å². The van der Waals surface area contributed by atoms with Crippen LogP contribution in [0.3, 0.4) is 0 Å². The van der Waals surface area contributed by atoms with Gasteiger partial charge < -0.3 is 0 Å². The highest BCUT2D eigenvalue weighted by molar-refractivity contribution is 6.13. The minimum absolute atomic E-state index is 0.278. The number of fused-ring (bicyclic) bond motifs is 3. The molecule has 134 valence electrons. The molecule has 4 aromatic carbocycles. The van der Waals surface area contributed by atoms with E-state index in [4.69, 9.17) is 0 Å². The molecule has 0 unspecified atom stereocenters. The van der Waals surface area contributed by atoms with Gasteiger partial charge in [-0.3, -0.25) is 0 Å². The molecule has 0 radical (unpaired) electrons. The van der Waals surface area contributed by atoms with E-state index < -0.39 is 0 Å². The van der Waals surface area contributed by atoms with Crippen molar-refractivity contribution in [2.45, 2.75) is 0 Å². The summed E-state index contributed by atoms with van der Waals surface area (Å²) in [5.74, 6) is -0.557. The Morgan fingerprint density at radius 1 is 0.429 bits per heavy atom. The van der Waals surface area contributed by atoms with Crippen molar-refractivity contribution < 1.29 is 8.78 Å². The van der Waals surface area contributed by atoms with Crippen LogP contribution in [0.25, 0.3) is 22.3 Å². The van der Waals surface area contributed by atoms with E-state index in [1.165, 1.54) is 35.4 Å². The van der Waals surface area contributed by atoms with Crippen LogP contribution < -0.4 is 0 Å². The van der Waals surface area contributed by atoms with Crippen molar-refractivity contribution in [3.05, 3.63) is 131 Å². The van der Waals surface area contributed by atoms with E-state index in [0.717, 1.165) is 33.4 Å².